The Balaban J connectivity index is 2.34. The molecule has 1 amide bonds. The third kappa shape index (κ3) is 5.01. The van der Waals surface area contributed by atoms with E-state index in [9.17, 15) is 18.0 Å². The molecule has 0 spiro atoms. The Morgan fingerprint density at radius 2 is 1.79 bits per heavy atom. The summed E-state index contributed by atoms with van der Waals surface area (Å²) in [6, 6.07) is 11.3. The number of rotatable bonds is 7. The number of esters is 1. The van der Waals surface area contributed by atoms with E-state index in [1.54, 1.807) is 37.3 Å². The van der Waals surface area contributed by atoms with E-state index in [1.807, 2.05) is 0 Å². The first kappa shape index (κ1) is 21.2. The number of benzene rings is 2. The molecule has 0 aliphatic carbocycles. The minimum atomic E-state index is -3.78. The number of hydrogen-bond donors (Lipinski definition) is 1. The number of amides is 1. The van der Waals surface area contributed by atoms with Crippen LogP contribution in [0.25, 0.3) is 0 Å². The van der Waals surface area contributed by atoms with Gasteiger partial charge in [0.2, 0.25) is 15.9 Å². The molecule has 0 aromatic heterocycles. The van der Waals surface area contributed by atoms with Gasteiger partial charge in [0.15, 0.2) is 0 Å². The van der Waals surface area contributed by atoms with Crippen molar-refractivity contribution in [1.82, 2.24) is 0 Å². The van der Waals surface area contributed by atoms with Crippen molar-refractivity contribution in [2.75, 3.05) is 36.6 Å². The first-order valence-corrected chi connectivity index (χ1v) is 10.1. The molecule has 2 aromatic rings. The molecule has 0 aliphatic rings. The topological polar surface area (TPSA) is 102 Å². The molecule has 28 heavy (non-hydrogen) atoms. The van der Waals surface area contributed by atoms with E-state index in [-0.39, 0.29) is 16.9 Å². The lowest BCUT2D eigenvalue weighted by molar-refractivity contribution is -0.114. The molecular weight excluding hydrogens is 384 g/mol. The summed E-state index contributed by atoms with van der Waals surface area (Å²) in [7, 11) is -1.13. The number of nitrogens with zero attached hydrogens (tertiary/aromatic N) is 1. The normalized spacial score (nSPS) is 10.9. The van der Waals surface area contributed by atoms with Gasteiger partial charge in [-0.25, -0.2) is 13.2 Å². The smallest absolute Gasteiger partial charge is 0.339 e. The third-order valence-electron chi connectivity index (χ3n) is 3.90. The number of nitrogens with one attached hydrogen (secondary N) is 1. The van der Waals surface area contributed by atoms with Crippen molar-refractivity contribution in [3.63, 3.8) is 0 Å². The van der Waals surface area contributed by atoms with Crippen LogP contribution in [0.1, 0.15) is 15.9 Å². The maximum Gasteiger partial charge on any atom is 0.339 e. The maximum atomic E-state index is 12.6. The van der Waals surface area contributed by atoms with Gasteiger partial charge in [0.1, 0.15) is 12.3 Å². The number of hydrogen-bond acceptors (Lipinski definition) is 6. The van der Waals surface area contributed by atoms with E-state index >= 15 is 0 Å². The predicted molar refractivity (Wildman–Crippen MR) is 106 cm³/mol. The fraction of sp³-hybridized carbons (Fsp3) is 0.263. The lowest BCUT2D eigenvalue weighted by Gasteiger charge is -2.24. The van der Waals surface area contributed by atoms with E-state index in [2.05, 4.69) is 5.32 Å². The third-order valence-corrected chi connectivity index (χ3v) is 5.02. The highest BCUT2D eigenvalue weighted by Gasteiger charge is 2.25. The zero-order chi connectivity index (χ0) is 20.9. The summed E-state index contributed by atoms with van der Waals surface area (Å²) < 4.78 is 35.6. The van der Waals surface area contributed by atoms with Gasteiger partial charge < -0.3 is 14.8 Å². The lowest BCUT2D eigenvalue weighted by Crippen LogP contribution is -2.38. The van der Waals surface area contributed by atoms with E-state index in [1.165, 1.54) is 26.4 Å². The molecule has 2 aromatic carbocycles. The van der Waals surface area contributed by atoms with Crippen LogP contribution in [0.15, 0.2) is 42.5 Å². The van der Waals surface area contributed by atoms with Crippen LogP contribution in [0.5, 0.6) is 5.75 Å². The molecule has 9 heteroatoms. The lowest BCUT2D eigenvalue weighted by atomic mass is 10.2. The SMILES string of the molecule is COC(=O)c1ccccc1NC(=O)CN(c1cc(C)ccc1OC)S(C)(=O)=O. The summed E-state index contributed by atoms with van der Waals surface area (Å²) in [5.41, 5.74) is 1.45. The Morgan fingerprint density at radius 1 is 1.11 bits per heavy atom. The Hall–Kier alpha value is -3.07. The first-order valence-electron chi connectivity index (χ1n) is 8.27. The van der Waals surface area contributed by atoms with Crippen molar-refractivity contribution < 1.29 is 27.5 Å². The second-order valence-corrected chi connectivity index (χ2v) is 7.94. The molecule has 0 saturated heterocycles. The van der Waals surface area contributed by atoms with Crippen LogP contribution < -0.4 is 14.4 Å². The van der Waals surface area contributed by atoms with Gasteiger partial charge in [-0.2, -0.15) is 0 Å². The van der Waals surface area contributed by atoms with Gasteiger partial charge in [-0.3, -0.25) is 9.10 Å². The summed E-state index contributed by atoms with van der Waals surface area (Å²) in [4.78, 5) is 24.4. The fourth-order valence-electron chi connectivity index (χ4n) is 2.58. The molecule has 150 valence electrons. The number of carbonyl (C=O) groups excluding carboxylic acids is 2. The monoisotopic (exact) mass is 406 g/mol. The number of sulfonamides is 1. The Bertz CT molecular complexity index is 988. The van der Waals surface area contributed by atoms with Crippen molar-refractivity contribution in [2.45, 2.75) is 6.92 Å². The highest BCUT2D eigenvalue weighted by Crippen LogP contribution is 2.31. The average Bonchev–Trinajstić information content (AvgIpc) is 2.65. The molecule has 0 heterocycles. The van der Waals surface area contributed by atoms with E-state index in [4.69, 9.17) is 9.47 Å². The van der Waals surface area contributed by atoms with Gasteiger partial charge in [0.25, 0.3) is 0 Å². The molecule has 0 bridgehead atoms. The van der Waals surface area contributed by atoms with Gasteiger partial charge in [0, 0.05) is 0 Å². The summed E-state index contributed by atoms with van der Waals surface area (Å²) in [5.74, 6) is -0.916. The number of anilines is 2. The number of carbonyl (C=O) groups is 2. The van der Waals surface area contributed by atoms with E-state index in [0.717, 1.165) is 16.1 Å². The average molecular weight is 406 g/mol. The highest BCUT2D eigenvalue weighted by molar-refractivity contribution is 7.92. The van der Waals surface area contributed by atoms with Crippen LogP contribution in [-0.2, 0) is 19.6 Å². The Labute approximate surface area is 164 Å². The molecule has 8 nitrogen and oxygen atoms in total. The van der Waals surface area contributed by atoms with Crippen LogP contribution in [-0.4, -0.2) is 47.3 Å². The minimum Gasteiger partial charge on any atom is -0.495 e. The standard InChI is InChI=1S/C19H22N2O6S/c1-13-9-10-17(26-2)16(11-13)21(28(4,24)25)12-18(22)20-15-8-6-5-7-14(15)19(23)27-3/h5-11H,12H2,1-4H3,(H,20,22). The zero-order valence-corrected chi connectivity index (χ0v) is 16.9. The second kappa shape index (κ2) is 8.75. The molecule has 0 fully saturated rings. The number of methoxy groups -OCH3 is 2. The van der Waals surface area contributed by atoms with Gasteiger partial charge in [0.05, 0.1) is 37.4 Å². The summed E-state index contributed by atoms with van der Waals surface area (Å²) in [5, 5.41) is 2.56. The molecule has 0 aliphatic heterocycles. The molecule has 0 unspecified atom stereocenters. The number of para-hydroxylation sites is 1. The van der Waals surface area contributed by atoms with Gasteiger partial charge in [-0.15, -0.1) is 0 Å². The van der Waals surface area contributed by atoms with Gasteiger partial charge in [-0.05, 0) is 36.8 Å². The highest BCUT2D eigenvalue weighted by atomic mass is 32.2. The van der Waals surface area contributed by atoms with Crippen molar-refractivity contribution in [1.29, 1.82) is 0 Å². The quantitative estimate of drug-likeness (QED) is 0.707. The van der Waals surface area contributed by atoms with E-state index < -0.39 is 28.4 Å². The van der Waals surface area contributed by atoms with Crippen LogP contribution >= 0.6 is 0 Å². The molecule has 0 saturated carbocycles. The van der Waals surface area contributed by atoms with Crippen LogP contribution in [0, 0.1) is 6.92 Å². The zero-order valence-electron chi connectivity index (χ0n) is 16.1. The van der Waals surface area contributed by atoms with Crippen LogP contribution in [0.4, 0.5) is 11.4 Å². The van der Waals surface area contributed by atoms with E-state index in [0.29, 0.717) is 5.75 Å². The van der Waals surface area contributed by atoms with Gasteiger partial charge in [-0.1, -0.05) is 18.2 Å². The summed E-state index contributed by atoms with van der Waals surface area (Å²) in [6.07, 6.45) is 1.00. The minimum absolute atomic E-state index is 0.164. The van der Waals surface area contributed by atoms with Gasteiger partial charge >= 0.3 is 5.97 Å². The summed E-state index contributed by atoms with van der Waals surface area (Å²) in [6.45, 7) is 1.31. The predicted octanol–water partition coefficient (Wildman–Crippen LogP) is 2.19. The molecular formula is C19H22N2O6S. The largest absolute Gasteiger partial charge is 0.495 e. The number of aryl methyl sites for hydroxylation is 1. The molecule has 0 radical (unpaired) electrons. The van der Waals surface area contributed by atoms with Crippen molar-refractivity contribution >= 4 is 33.3 Å². The van der Waals surface area contributed by atoms with Crippen LogP contribution in [0.3, 0.4) is 0 Å². The molecule has 2 rings (SSSR count). The maximum absolute atomic E-state index is 12.6. The molecule has 0 atom stereocenters. The summed E-state index contributed by atoms with van der Waals surface area (Å²) >= 11 is 0. The van der Waals surface area contributed by atoms with Crippen molar-refractivity contribution in [3.8, 4) is 5.75 Å². The van der Waals surface area contributed by atoms with Crippen molar-refractivity contribution in [3.05, 3.63) is 53.6 Å². The first-order chi connectivity index (χ1) is 13.2. The van der Waals surface area contributed by atoms with Crippen molar-refractivity contribution in [2.24, 2.45) is 0 Å². The molecule has 1 N–H and O–H groups in total. The Kier molecular flexibility index (Phi) is 6.63. The number of ether oxygens (including phenoxy) is 2. The fourth-order valence-corrected chi connectivity index (χ4v) is 3.43. The Morgan fingerprint density at radius 3 is 2.39 bits per heavy atom. The van der Waals surface area contributed by atoms with Crippen LogP contribution in [0.2, 0.25) is 0 Å². The second-order valence-electron chi connectivity index (χ2n) is 6.03.